The fourth-order valence-corrected chi connectivity index (χ4v) is 10.5. The van der Waals surface area contributed by atoms with E-state index in [2.05, 4.69) is 66.6 Å². The van der Waals surface area contributed by atoms with Gasteiger partial charge in [0.05, 0.1) is 0 Å². The van der Waals surface area contributed by atoms with E-state index in [1.807, 2.05) is 48.5 Å². The molecule has 21 heteroatoms. The number of nitrogens with zero attached hydrogens (tertiary/aromatic N) is 2. The molecule has 2 fully saturated rings. The Kier molecular flexibility index (Phi) is 32.4. The molecule has 83 heavy (non-hydrogen) atoms. The van der Waals surface area contributed by atoms with Crippen LogP contribution in [0.5, 0.6) is 0 Å². The van der Waals surface area contributed by atoms with Gasteiger partial charge in [0.25, 0.3) is 0 Å². The van der Waals surface area contributed by atoms with Gasteiger partial charge in [-0.15, -0.1) is 0 Å². The number of amides is 10. The van der Waals surface area contributed by atoms with Gasteiger partial charge in [0.1, 0.15) is 46.8 Å². The SMILES string of the molecule is CCCCCCCCC(NC(=O)[C@@H]1CCCN1C(=O)CCCCC)C(=O)NC(CC(C)C)C(=O)NC(C)(C)C(=O)NC(CC(C)C)C(=O)NC(CC(C)C)C(=O)NC(C)(C)C(=O)NC(C)(C)C(=O)NCCC(=O)NC(C)CN1CCCCC1. The number of nitrogens with one attached hydrogen (secondary N) is 9. The van der Waals surface area contributed by atoms with E-state index < -0.39 is 94.1 Å². The molecular formula is C62H113N11O10. The van der Waals surface area contributed by atoms with Crippen LogP contribution in [0.25, 0.3) is 0 Å². The lowest BCUT2D eigenvalue weighted by molar-refractivity contribution is -0.140. The van der Waals surface area contributed by atoms with Crippen LogP contribution in [0, 0.1) is 17.8 Å². The maximum atomic E-state index is 14.3. The number of piperidine rings is 1. The number of unbranched alkanes of at least 4 members (excludes halogenated alkanes) is 7. The van der Waals surface area contributed by atoms with Crippen molar-refractivity contribution < 1.29 is 47.9 Å². The van der Waals surface area contributed by atoms with Gasteiger partial charge in [0.2, 0.25) is 59.1 Å². The summed E-state index contributed by atoms with van der Waals surface area (Å²) < 4.78 is 0. The molecule has 0 spiro atoms. The second-order valence-electron chi connectivity index (χ2n) is 26.5. The van der Waals surface area contributed by atoms with Crippen LogP contribution in [-0.4, -0.2) is 154 Å². The quantitative estimate of drug-likeness (QED) is 0.0345. The van der Waals surface area contributed by atoms with Crippen molar-refractivity contribution in [2.75, 3.05) is 32.7 Å². The van der Waals surface area contributed by atoms with Gasteiger partial charge in [-0.2, -0.15) is 0 Å². The topological polar surface area (TPSA) is 285 Å². The lowest BCUT2D eigenvalue weighted by Crippen LogP contribution is -2.65. The Labute approximate surface area is 498 Å². The van der Waals surface area contributed by atoms with E-state index in [0.717, 1.165) is 83.8 Å². The summed E-state index contributed by atoms with van der Waals surface area (Å²) in [6.07, 6.45) is 14.3. The molecule has 0 bridgehead atoms. The van der Waals surface area contributed by atoms with Crippen LogP contribution in [-0.2, 0) is 47.9 Å². The van der Waals surface area contributed by atoms with Crippen LogP contribution in [0.3, 0.4) is 0 Å². The Hall–Kier alpha value is -5.34. The van der Waals surface area contributed by atoms with E-state index in [0.29, 0.717) is 38.6 Å². The van der Waals surface area contributed by atoms with Crippen molar-refractivity contribution in [1.82, 2.24) is 57.7 Å². The predicted octanol–water partition coefficient (Wildman–Crippen LogP) is 5.57. The van der Waals surface area contributed by atoms with Gasteiger partial charge in [-0.05, 0) is 137 Å². The van der Waals surface area contributed by atoms with Crippen molar-refractivity contribution >= 4 is 59.1 Å². The zero-order valence-electron chi connectivity index (χ0n) is 53.9. The average Bonchev–Trinajstić information content (AvgIpc) is 4.07. The molecule has 5 unspecified atom stereocenters. The van der Waals surface area contributed by atoms with E-state index in [1.165, 1.54) is 48.0 Å². The van der Waals surface area contributed by atoms with Crippen LogP contribution in [0.1, 0.15) is 232 Å². The molecule has 6 atom stereocenters. The number of likely N-dealkylation sites (tertiary alicyclic amines) is 2. The molecule has 0 aromatic carbocycles. The largest absolute Gasteiger partial charge is 0.354 e. The highest BCUT2D eigenvalue weighted by Gasteiger charge is 2.41. The summed E-state index contributed by atoms with van der Waals surface area (Å²) in [6.45, 7) is 29.7. The predicted molar refractivity (Wildman–Crippen MR) is 325 cm³/mol. The molecule has 21 nitrogen and oxygen atoms in total. The Morgan fingerprint density at radius 2 is 0.952 bits per heavy atom. The number of hydrogen-bond acceptors (Lipinski definition) is 11. The van der Waals surface area contributed by atoms with Crippen molar-refractivity contribution in [2.24, 2.45) is 17.8 Å². The molecule has 0 aromatic heterocycles. The molecule has 2 aliphatic heterocycles. The van der Waals surface area contributed by atoms with Gasteiger partial charge >= 0.3 is 0 Å². The fourth-order valence-electron chi connectivity index (χ4n) is 10.5. The molecule has 0 saturated carbocycles. The number of carbonyl (C=O) groups is 10. The van der Waals surface area contributed by atoms with Gasteiger partial charge in [0.15, 0.2) is 0 Å². The van der Waals surface area contributed by atoms with E-state index >= 15 is 0 Å². The van der Waals surface area contributed by atoms with Crippen molar-refractivity contribution in [3.05, 3.63) is 0 Å². The highest BCUT2D eigenvalue weighted by molar-refractivity contribution is 6.00. The van der Waals surface area contributed by atoms with E-state index in [4.69, 9.17) is 0 Å². The van der Waals surface area contributed by atoms with Gasteiger partial charge in [-0.3, -0.25) is 47.9 Å². The molecular weight excluding hydrogens is 1060 g/mol. The van der Waals surface area contributed by atoms with Gasteiger partial charge in [-0.25, -0.2) is 0 Å². The second-order valence-corrected chi connectivity index (χ2v) is 26.5. The summed E-state index contributed by atoms with van der Waals surface area (Å²) in [7, 11) is 0. The first kappa shape index (κ1) is 73.8. The van der Waals surface area contributed by atoms with Crippen LogP contribution in [0.15, 0.2) is 0 Å². The highest BCUT2D eigenvalue weighted by Crippen LogP contribution is 2.22. The lowest BCUT2D eigenvalue weighted by Gasteiger charge is -2.34. The molecule has 0 aromatic rings. The van der Waals surface area contributed by atoms with Crippen LogP contribution >= 0.6 is 0 Å². The molecule has 2 saturated heterocycles. The minimum Gasteiger partial charge on any atom is -0.354 e. The smallest absolute Gasteiger partial charge is 0.246 e. The van der Waals surface area contributed by atoms with E-state index in [-0.39, 0.29) is 67.8 Å². The molecule has 0 aliphatic carbocycles. The summed E-state index contributed by atoms with van der Waals surface area (Å²) in [5, 5.41) is 25.5. The van der Waals surface area contributed by atoms with Crippen LogP contribution < -0.4 is 47.9 Å². The third-order valence-corrected chi connectivity index (χ3v) is 15.4. The van der Waals surface area contributed by atoms with Gasteiger partial charge in [-0.1, -0.05) is 113 Å². The number of carbonyl (C=O) groups excluding carboxylic acids is 10. The second kappa shape index (κ2) is 36.5. The molecule has 9 N–H and O–H groups in total. The van der Waals surface area contributed by atoms with Crippen molar-refractivity contribution in [1.29, 1.82) is 0 Å². The fraction of sp³-hybridized carbons (Fsp3) is 0.839. The van der Waals surface area contributed by atoms with E-state index in [1.54, 1.807) is 4.90 Å². The lowest BCUT2D eigenvalue weighted by atomic mass is 9.96. The number of hydrogen-bond donors (Lipinski definition) is 9. The standard InChI is InChI=1S/C62H113N11O10/c1-16-18-20-21-22-25-29-45(65-56(80)49-30-28-36-73(49)51(75)31-24-19-17-2)52(76)66-47(38-42(5)6)54(78)69-61(12,13)58(82)68-46(37-41(3)4)53(77)67-48(39-43(7)8)55(79)70-62(14,15)59(83)71-60(10,11)57(81)63-33-32-50(74)64-44(9)40-72-34-26-23-27-35-72/h41-49H,16-40H2,1-15H3,(H,63,81)(H,64,74)(H,65,80)(H,66,76)(H,67,77)(H,68,82)(H,69,78)(H,70,79)(H,71,83)/t44?,45?,46?,47?,48?,49-/m0/s1. The molecule has 0 radical (unpaired) electrons. The summed E-state index contributed by atoms with van der Waals surface area (Å²) in [6, 6.07) is -5.12. The number of rotatable bonds is 38. The summed E-state index contributed by atoms with van der Waals surface area (Å²) in [5.74, 6) is -5.37. The van der Waals surface area contributed by atoms with Crippen molar-refractivity contribution in [3.63, 3.8) is 0 Å². The molecule has 2 rings (SSSR count). The summed E-state index contributed by atoms with van der Waals surface area (Å²) >= 11 is 0. The zero-order chi connectivity index (χ0) is 62.7. The van der Waals surface area contributed by atoms with Gasteiger partial charge in [0, 0.05) is 38.5 Å². The normalized spacial score (nSPS) is 16.9. The maximum Gasteiger partial charge on any atom is 0.246 e. The van der Waals surface area contributed by atoms with Gasteiger partial charge < -0.3 is 57.7 Å². The monoisotopic (exact) mass is 1170 g/mol. The summed E-state index contributed by atoms with van der Waals surface area (Å²) in [5.41, 5.74) is -4.63. The molecule has 10 amide bonds. The zero-order valence-corrected chi connectivity index (χ0v) is 53.9. The molecule has 476 valence electrons. The first-order valence-electron chi connectivity index (χ1n) is 31.6. The third-order valence-electron chi connectivity index (χ3n) is 15.4. The Morgan fingerprint density at radius 3 is 1.49 bits per heavy atom. The molecule has 2 aliphatic rings. The van der Waals surface area contributed by atoms with E-state index in [9.17, 15) is 47.9 Å². The third kappa shape index (κ3) is 27.5. The Morgan fingerprint density at radius 1 is 0.470 bits per heavy atom. The minimum atomic E-state index is -1.62. The van der Waals surface area contributed by atoms with Crippen molar-refractivity contribution in [2.45, 2.75) is 285 Å². The summed E-state index contributed by atoms with van der Waals surface area (Å²) in [4.78, 5) is 142. The van der Waals surface area contributed by atoms with Crippen LogP contribution in [0.4, 0.5) is 0 Å². The Bertz CT molecular complexity index is 2110. The minimum absolute atomic E-state index is 0.0458. The first-order valence-corrected chi connectivity index (χ1v) is 31.6. The van der Waals surface area contributed by atoms with Crippen molar-refractivity contribution in [3.8, 4) is 0 Å². The molecule has 2 heterocycles. The average molecular weight is 1170 g/mol. The highest BCUT2D eigenvalue weighted by atomic mass is 16.2. The van der Waals surface area contributed by atoms with Crippen LogP contribution in [0.2, 0.25) is 0 Å². The maximum absolute atomic E-state index is 14.3. The first-order chi connectivity index (χ1) is 38.8. The Balaban J connectivity index is 2.19.